The van der Waals surface area contributed by atoms with Crippen molar-refractivity contribution in [3.63, 3.8) is 0 Å². The third-order valence-corrected chi connectivity index (χ3v) is 12.6. The lowest BCUT2D eigenvalue weighted by molar-refractivity contribution is -0.136. The molecule has 57 heavy (non-hydrogen) atoms. The number of aromatic nitrogens is 5. The lowest BCUT2D eigenvalue weighted by Crippen LogP contribution is -2.54. The molecule has 0 aliphatic carbocycles. The minimum Gasteiger partial charge on any atom is -0.387 e. The minimum atomic E-state index is -0.965. The van der Waals surface area contributed by atoms with E-state index >= 15 is 0 Å². The number of piperazine rings is 1. The molecule has 1 aromatic carbocycles. The second-order valence-corrected chi connectivity index (χ2v) is 15.8. The number of nitrogens with zero attached hydrogens (tertiary/aromatic N) is 10. The number of nitrogens with one attached hydrogen (secondary N) is 2. The highest BCUT2D eigenvalue weighted by Gasteiger charge is 2.45. The van der Waals surface area contributed by atoms with Gasteiger partial charge < -0.3 is 15.1 Å². The molecular weight excluding hydrogens is 745 g/mol. The smallest absolute Gasteiger partial charge is 0.262 e. The molecule has 17 heteroatoms. The Balaban J connectivity index is 0.757. The fourth-order valence-corrected chi connectivity index (χ4v) is 9.25. The summed E-state index contributed by atoms with van der Waals surface area (Å²) in [6, 6.07) is 12.1. The van der Waals surface area contributed by atoms with Crippen molar-refractivity contribution in [2.75, 3.05) is 68.0 Å². The summed E-state index contributed by atoms with van der Waals surface area (Å²) in [5.74, 6) is -1.33. The maximum Gasteiger partial charge on any atom is 0.262 e. The van der Waals surface area contributed by atoms with Gasteiger partial charge in [-0.15, -0.1) is 10.2 Å². The van der Waals surface area contributed by atoms with E-state index in [2.05, 4.69) is 45.5 Å². The normalized spacial score (nSPS) is 19.3. The molecule has 1 atom stereocenters. The molecule has 3 saturated heterocycles. The molecule has 1 unspecified atom stereocenters. The molecule has 0 saturated carbocycles. The summed E-state index contributed by atoms with van der Waals surface area (Å²) < 4.78 is 1.79. The molecule has 2 N–H and O–H groups in total. The van der Waals surface area contributed by atoms with Crippen LogP contribution in [0.25, 0.3) is 32.3 Å². The molecule has 290 valence electrons. The second kappa shape index (κ2) is 15.0. The summed E-state index contributed by atoms with van der Waals surface area (Å²) in [6.07, 6.45) is 6.85. The molecule has 16 nitrogen and oxygen atoms in total. The van der Waals surface area contributed by atoms with Crippen molar-refractivity contribution in [2.45, 2.75) is 38.1 Å². The Bertz CT molecular complexity index is 2460. The van der Waals surface area contributed by atoms with Gasteiger partial charge in [-0.1, -0.05) is 11.3 Å². The van der Waals surface area contributed by atoms with E-state index in [-0.39, 0.29) is 18.7 Å². The maximum absolute atomic E-state index is 13.3. The number of hydrogen-bond acceptors (Lipinski definition) is 13. The van der Waals surface area contributed by atoms with E-state index in [0.29, 0.717) is 22.7 Å². The van der Waals surface area contributed by atoms with Crippen LogP contribution in [0.4, 0.5) is 22.2 Å². The number of pyridine rings is 1. The largest absolute Gasteiger partial charge is 0.387 e. The monoisotopic (exact) mass is 784 g/mol. The van der Waals surface area contributed by atoms with Crippen LogP contribution in [0.3, 0.4) is 0 Å². The zero-order valence-electron chi connectivity index (χ0n) is 31.3. The molecule has 8 heterocycles. The van der Waals surface area contributed by atoms with Gasteiger partial charge in [0.05, 0.1) is 46.4 Å². The zero-order chi connectivity index (χ0) is 39.2. The summed E-state index contributed by atoms with van der Waals surface area (Å²) in [5.41, 5.74) is 6.23. The average molecular weight is 785 g/mol. The average Bonchev–Trinajstić information content (AvgIpc) is 3.97. The van der Waals surface area contributed by atoms with Crippen molar-refractivity contribution >= 4 is 62.7 Å². The van der Waals surface area contributed by atoms with Crippen LogP contribution in [0.15, 0.2) is 54.9 Å². The van der Waals surface area contributed by atoms with Gasteiger partial charge in [-0.2, -0.15) is 5.10 Å². The van der Waals surface area contributed by atoms with Crippen LogP contribution in [0, 0.1) is 12.5 Å². The number of carbonyl (C=O) groups excluding carboxylic acids is 4. The fraction of sp³-hybridized carbons (Fsp3) is 0.375. The van der Waals surface area contributed by atoms with E-state index in [4.69, 9.17) is 11.6 Å². The van der Waals surface area contributed by atoms with Gasteiger partial charge in [0.25, 0.3) is 11.8 Å². The fourth-order valence-electron chi connectivity index (χ4n) is 8.33. The first-order valence-corrected chi connectivity index (χ1v) is 20.0. The Labute approximate surface area is 332 Å². The Kier molecular flexibility index (Phi) is 9.58. The Morgan fingerprint density at radius 2 is 1.68 bits per heavy atom. The molecule has 4 aromatic heterocycles. The van der Waals surface area contributed by atoms with Gasteiger partial charge in [0.2, 0.25) is 22.6 Å². The van der Waals surface area contributed by atoms with E-state index in [9.17, 15) is 19.2 Å². The van der Waals surface area contributed by atoms with Crippen molar-refractivity contribution in [3.8, 4) is 22.0 Å². The number of imide groups is 2. The van der Waals surface area contributed by atoms with Gasteiger partial charge in [-0.05, 0) is 80.6 Å². The van der Waals surface area contributed by atoms with Crippen LogP contribution in [-0.2, 0) is 9.59 Å². The number of hydrogen-bond donors (Lipinski definition) is 2. The topological polar surface area (TPSA) is 166 Å². The van der Waals surface area contributed by atoms with Gasteiger partial charge >= 0.3 is 0 Å². The number of anilines is 3. The highest BCUT2D eigenvalue weighted by Crippen LogP contribution is 2.36. The van der Waals surface area contributed by atoms with E-state index in [0.717, 1.165) is 114 Å². The van der Waals surface area contributed by atoms with Crippen LogP contribution in [0.2, 0.25) is 0 Å². The molecule has 5 aromatic rings. The van der Waals surface area contributed by atoms with Crippen LogP contribution >= 0.6 is 11.3 Å². The van der Waals surface area contributed by atoms with Crippen LogP contribution < -0.4 is 20.4 Å². The first-order chi connectivity index (χ1) is 27.8. The molecule has 3 fully saturated rings. The first-order valence-electron chi connectivity index (χ1n) is 19.2. The lowest BCUT2D eigenvalue weighted by Gasteiger charge is -2.37. The Morgan fingerprint density at radius 1 is 0.877 bits per heavy atom. The summed E-state index contributed by atoms with van der Waals surface area (Å²) in [4.78, 5) is 66.9. The van der Waals surface area contributed by atoms with Crippen molar-refractivity contribution < 1.29 is 19.2 Å². The van der Waals surface area contributed by atoms with Gasteiger partial charge in [0, 0.05) is 70.3 Å². The molecule has 0 bridgehead atoms. The molecule has 4 aliphatic heterocycles. The summed E-state index contributed by atoms with van der Waals surface area (Å²) in [5, 5.41) is 20.8. The van der Waals surface area contributed by atoms with Gasteiger partial charge in [-0.25, -0.2) is 9.36 Å². The Morgan fingerprint density at radius 3 is 2.46 bits per heavy atom. The van der Waals surface area contributed by atoms with Crippen molar-refractivity contribution in [1.82, 2.24) is 39.9 Å². The summed E-state index contributed by atoms with van der Waals surface area (Å²) >= 11 is 1.57. The first kappa shape index (κ1) is 36.4. The Hall–Kier alpha value is -6.25. The predicted octanol–water partition coefficient (Wildman–Crippen LogP) is 4.34. The molecule has 4 aliphatic rings. The second-order valence-electron chi connectivity index (χ2n) is 14.9. The van der Waals surface area contributed by atoms with E-state index < -0.39 is 23.8 Å². The number of benzene rings is 1. The highest BCUT2D eigenvalue weighted by molar-refractivity contribution is 7.18. The van der Waals surface area contributed by atoms with Crippen molar-refractivity contribution in [2.24, 2.45) is 5.92 Å². The van der Waals surface area contributed by atoms with Crippen LogP contribution in [-0.4, -0.2) is 117 Å². The number of rotatable bonds is 9. The molecule has 9 rings (SSSR count). The standard InChI is InChI=1S/C40H40N12O4S/c1-41-25-19-27-4-6-33(52(27)44-22-25)32-21-31(42-2)30(23-43-32)37-46-47-40(57-37)50-17-15-48(16-18-50)12-9-24-10-13-49(14-11-24)26-3-5-28-29(20-26)39(56)51(38(28)55)34-7-8-35(53)45-36(34)54/h3-6,19-24,34H,7-18H2,2H3,(H,42,43)(H,45,53,54). The molecule has 0 spiro atoms. The number of amides is 4. The summed E-state index contributed by atoms with van der Waals surface area (Å²) in [6.45, 7) is 13.7. The third-order valence-electron chi connectivity index (χ3n) is 11.6. The SMILES string of the molecule is [C-]#[N+]c1cnn2c(-c3cc(NC)c(-c4nnc(N5CCN(CCC6CCN(c7ccc8c(c7)C(=O)N(C7CCC(=O)NC7=O)C8=O)CC6)CC5)s4)cn3)ccc2c1. The van der Waals surface area contributed by atoms with Crippen molar-refractivity contribution in [1.29, 1.82) is 0 Å². The predicted molar refractivity (Wildman–Crippen MR) is 214 cm³/mol. The molecule has 0 radical (unpaired) electrons. The number of fused-ring (bicyclic) bond motifs is 2. The van der Waals surface area contributed by atoms with Crippen LogP contribution in [0.5, 0.6) is 0 Å². The van der Waals surface area contributed by atoms with Crippen molar-refractivity contribution in [3.05, 3.63) is 77.4 Å². The third kappa shape index (κ3) is 6.84. The van der Waals surface area contributed by atoms with Gasteiger partial charge in [0.15, 0.2) is 5.01 Å². The highest BCUT2D eigenvalue weighted by atomic mass is 32.1. The molecule has 4 amide bonds. The van der Waals surface area contributed by atoms with Crippen LogP contribution in [0.1, 0.15) is 52.8 Å². The zero-order valence-corrected chi connectivity index (χ0v) is 32.2. The number of piperidine rings is 2. The van der Waals surface area contributed by atoms with Gasteiger partial charge in [0.1, 0.15) is 6.04 Å². The minimum absolute atomic E-state index is 0.0978. The van der Waals surface area contributed by atoms with E-state index in [1.165, 1.54) is 0 Å². The summed E-state index contributed by atoms with van der Waals surface area (Å²) in [7, 11) is 1.88. The maximum atomic E-state index is 13.3. The van der Waals surface area contributed by atoms with E-state index in [1.807, 2.05) is 43.6 Å². The lowest BCUT2D eigenvalue weighted by atomic mass is 9.92. The van der Waals surface area contributed by atoms with E-state index in [1.54, 1.807) is 34.2 Å². The van der Waals surface area contributed by atoms with Gasteiger partial charge in [-0.3, -0.25) is 39.3 Å². The quantitative estimate of drug-likeness (QED) is 0.161. The number of carbonyl (C=O) groups is 4. The molecular formula is C40H40N12O4S.